The van der Waals surface area contributed by atoms with Crippen molar-refractivity contribution in [3.8, 4) is 0 Å². The second-order valence-electron chi connectivity index (χ2n) is 5.68. The molecule has 0 amide bonds. The highest BCUT2D eigenvalue weighted by atomic mass is 32.1. The smallest absolute Gasteiger partial charge is 0.407 e. The van der Waals surface area contributed by atoms with Crippen LogP contribution in [0, 0.1) is 5.41 Å². The zero-order chi connectivity index (χ0) is 13.5. The Kier molecular flexibility index (Phi) is 3.21. The molecular formula is C14H15BO3S. The number of thiophene rings is 1. The van der Waals surface area contributed by atoms with E-state index in [9.17, 15) is 4.79 Å². The molecule has 0 atom stereocenters. The Morgan fingerprint density at radius 1 is 1.26 bits per heavy atom. The summed E-state index contributed by atoms with van der Waals surface area (Å²) in [4.78, 5) is 11.5. The SMILES string of the molecule is CC1(C)COB(c2ccc3cc(C=O)sc3c2)OC1. The summed E-state index contributed by atoms with van der Waals surface area (Å²) in [7, 11) is -0.292. The van der Waals surface area contributed by atoms with Crippen LogP contribution in [-0.4, -0.2) is 26.6 Å². The number of benzene rings is 1. The molecule has 2 aromatic rings. The predicted octanol–water partition coefficient (Wildman–Crippen LogP) is 2.48. The van der Waals surface area contributed by atoms with E-state index in [1.54, 1.807) is 0 Å². The van der Waals surface area contributed by atoms with Gasteiger partial charge in [-0.2, -0.15) is 0 Å². The van der Waals surface area contributed by atoms with E-state index >= 15 is 0 Å². The second kappa shape index (κ2) is 4.74. The maximum Gasteiger partial charge on any atom is 0.493 e. The summed E-state index contributed by atoms with van der Waals surface area (Å²) in [6.45, 7) is 5.64. The fourth-order valence-electron chi connectivity index (χ4n) is 2.16. The van der Waals surface area contributed by atoms with E-state index < -0.39 is 0 Å². The third-order valence-corrected chi connectivity index (χ3v) is 4.23. The van der Waals surface area contributed by atoms with Gasteiger partial charge in [0.25, 0.3) is 0 Å². The Bertz CT molecular complexity index is 610. The van der Waals surface area contributed by atoms with E-state index in [1.165, 1.54) is 11.3 Å². The first-order chi connectivity index (χ1) is 9.07. The van der Waals surface area contributed by atoms with Gasteiger partial charge in [0.05, 0.1) is 4.88 Å². The van der Waals surface area contributed by atoms with Gasteiger partial charge in [-0.25, -0.2) is 0 Å². The molecule has 1 aromatic carbocycles. The number of rotatable bonds is 2. The Morgan fingerprint density at radius 3 is 2.68 bits per heavy atom. The highest BCUT2D eigenvalue weighted by Crippen LogP contribution is 2.25. The normalized spacial score (nSPS) is 18.7. The van der Waals surface area contributed by atoms with Crippen LogP contribution in [0.3, 0.4) is 0 Å². The number of carbonyl (C=O) groups is 1. The molecule has 0 saturated carbocycles. The zero-order valence-electron chi connectivity index (χ0n) is 11.0. The van der Waals surface area contributed by atoms with Gasteiger partial charge in [-0.15, -0.1) is 11.3 Å². The maximum atomic E-state index is 10.8. The summed E-state index contributed by atoms with van der Waals surface area (Å²) in [5.74, 6) is 0. The van der Waals surface area contributed by atoms with Crippen molar-refractivity contribution in [1.29, 1.82) is 0 Å². The Morgan fingerprint density at radius 2 is 2.00 bits per heavy atom. The van der Waals surface area contributed by atoms with E-state index in [0.29, 0.717) is 13.2 Å². The molecule has 5 heteroatoms. The van der Waals surface area contributed by atoms with Crippen molar-refractivity contribution in [1.82, 2.24) is 0 Å². The lowest BCUT2D eigenvalue weighted by molar-refractivity contribution is 0.0343. The molecule has 0 radical (unpaired) electrons. The molecule has 1 aliphatic rings. The van der Waals surface area contributed by atoms with Gasteiger partial charge in [-0.05, 0) is 23.0 Å². The molecule has 1 saturated heterocycles. The minimum atomic E-state index is -0.292. The number of hydrogen-bond donors (Lipinski definition) is 0. The molecule has 2 heterocycles. The average Bonchev–Trinajstić information content (AvgIpc) is 2.80. The summed E-state index contributed by atoms with van der Waals surface area (Å²) in [6.07, 6.45) is 0.889. The van der Waals surface area contributed by atoms with Crippen LogP contribution in [0.4, 0.5) is 0 Å². The Balaban J connectivity index is 1.87. The van der Waals surface area contributed by atoms with E-state index in [-0.39, 0.29) is 12.5 Å². The first kappa shape index (κ1) is 12.8. The Hall–Kier alpha value is -1.17. The van der Waals surface area contributed by atoms with Gasteiger partial charge in [0.15, 0.2) is 6.29 Å². The Labute approximate surface area is 116 Å². The second-order valence-corrected chi connectivity index (χ2v) is 6.80. The molecule has 3 rings (SSSR count). The van der Waals surface area contributed by atoms with Crippen LogP contribution in [0.2, 0.25) is 0 Å². The number of carbonyl (C=O) groups excluding carboxylic acids is 1. The van der Waals surface area contributed by atoms with Crippen LogP contribution in [0.15, 0.2) is 24.3 Å². The van der Waals surface area contributed by atoms with Crippen LogP contribution < -0.4 is 5.46 Å². The third kappa shape index (κ3) is 2.59. The van der Waals surface area contributed by atoms with Gasteiger partial charge in [0.1, 0.15) is 0 Å². The summed E-state index contributed by atoms with van der Waals surface area (Å²) >= 11 is 1.50. The van der Waals surface area contributed by atoms with Crippen LogP contribution in [0.5, 0.6) is 0 Å². The minimum absolute atomic E-state index is 0.0776. The molecule has 19 heavy (non-hydrogen) atoms. The van der Waals surface area contributed by atoms with Crippen molar-refractivity contribution in [2.75, 3.05) is 13.2 Å². The fourth-order valence-corrected chi connectivity index (χ4v) is 3.09. The standard InChI is InChI=1S/C14H15BO3S/c1-14(2)8-17-15(18-9-14)11-4-3-10-5-12(7-16)19-13(10)6-11/h3-7H,8-9H2,1-2H3. The highest BCUT2D eigenvalue weighted by Gasteiger charge is 2.33. The van der Waals surface area contributed by atoms with E-state index in [1.807, 2.05) is 18.2 Å². The van der Waals surface area contributed by atoms with Crippen molar-refractivity contribution >= 4 is 40.3 Å². The summed E-state index contributed by atoms with van der Waals surface area (Å²) < 4.78 is 12.6. The molecule has 98 valence electrons. The largest absolute Gasteiger partial charge is 0.493 e. The van der Waals surface area contributed by atoms with Gasteiger partial charge in [0.2, 0.25) is 0 Å². The minimum Gasteiger partial charge on any atom is -0.407 e. The predicted molar refractivity (Wildman–Crippen MR) is 78.3 cm³/mol. The topological polar surface area (TPSA) is 35.5 Å². The molecule has 0 N–H and O–H groups in total. The monoisotopic (exact) mass is 274 g/mol. The highest BCUT2D eigenvalue weighted by molar-refractivity contribution is 7.20. The molecular weight excluding hydrogens is 259 g/mol. The lowest BCUT2D eigenvalue weighted by atomic mass is 9.76. The van der Waals surface area contributed by atoms with E-state index in [0.717, 1.165) is 26.7 Å². The van der Waals surface area contributed by atoms with Gasteiger partial charge >= 0.3 is 7.12 Å². The van der Waals surface area contributed by atoms with Gasteiger partial charge in [-0.3, -0.25) is 4.79 Å². The number of aldehydes is 1. The van der Waals surface area contributed by atoms with Gasteiger partial charge in [-0.1, -0.05) is 26.0 Å². The first-order valence-electron chi connectivity index (χ1n) is 6.29. The molecule has 1 fully saturated rings. The molecule has 3 nitrogen and oxygen atoms in total. The lowest BCUT2D eigenvalue weighted by Gasteiger charge is -2.33. The van der Waals surface area contributed by atoms with Crippen LogP contribution in [0.1, 0.15) is 23.5 Å². The van der Waals surface area contributed by atoms with E-state index in [4.69, 9.17) is 9.31 Å². The fraction of sp³-hybridized carbons (Fsp3) is 0.357. The first-order valence-corrected chi connectivity index (χ1v) is 7.11. The van der Waals surface area contributed by atoms with Crippen LogP contribution >= 0.6 is 11.3 Å². The van der Waals surface area contributed by atoms with Crippen molar-refractivity contribution < 1.29 is 14.1 Å². The maximum absolute atomic E-state index is 10.8. The molecule has 0 bridgehead atoms. The molecule has 0 aliphatic carbocycles. The summed E-state index contributed by atoms with van der Waals surface area (Å²) in [5.41, 5.74) is 1.09. The molecule has 0 spiro atoms. The van der Waals surface area contributed by atoms with Gasteiger partial charge < -0.3 is 9.31 Å². The summed E-state index contributed by atoms with van der Waals surface area (Å²) in [6, 6.07) is 7.98. The van der Waals surface area contributed by atoms with Crippen molar-refractivity contribution in [3.05, 3.63) is 29.1 Å². The molecule has 0 unspecified atom stereocenters. The van der Waals surface area contributed by atoms with Crippen molar-refractivity contribution in [3.63, 3.8) is 0 Å². The van der Waals surface area contributed by atoms with Crippen LogP contribution in [-0.2, 0) is 9.31 Å². The third-order valence-electron chi connectivity index (χ3n) is 3.20. The molecule has 1 aromatic heterocycles. The van der Waals surface area contributed by atoms with Crippen molar-refractivity contribution in [2.45, 2.75) is 13.8 Å². The lowest BCUT2D eigenvalue weighted by Crippen LogP contribution is -2.47. The number of hydrogen-bond acceptors (Lipinski definition) is 4. The summed E-state index contributed by atoms with van der Waals surface area (Å²) in [5, 5.41) is 1.09. The quantitative estimate of drug-likeness (QED) is 0.623. The van der Waals surface area contributed by atoms with Crippen LogP contribution in [0.25, 0.3) is 10.1 Å². The van der Waals surface area contributed by atoms with E-state index in [2.05, 4.69) is 19.9 Å². The molecule has 1 aliphatic heterocycles. The van der Waals surface area contributed by atoms with Crippen molar-refractivity contribution in [2.24, 2.45) is 5.41 Å². The average molecular weight is 274 g/mol. The zero-order valence-corrected chi connectivity index (χ0v) is 11.8. The number of fused-ring (bicyclic) bond motifs is 1. The van der Waals surface area contributed by atoms with Gasteiger partial charge in [0, 0.05) is 23.3 Å².